The number of benzene rings is 1. The number of phenols is 1. The topological polar surface area (TPSA) is 29.5 Å². The van der Waals surface area contributed by atoms with Crippen LogP contribution >= 0.6 is 0 Å². The molecule has 0 amide bonds. The Balaban J connectivity index is 2.41. The smallest absolute Gasteiger partial charge is 0.391 e. The SMILES string of the molecule is CCCCC(CCOc1ccc(O)cc1)C(F)(F)F. The van der Waals surface area contributed by atoms with Gasteiger partial charge in [-0.1, -0.05) is 19.8 Å². The Bertz CT molecular complexity index is 360. The van der Waals surface area contributed by atoms with Gasteiger partial charge in [0, 0.05) is 0 Å². The summed E-state index contributed by atoms with van der Waals surface area (Å²) >= 11 is 0. The summed E-state index contributed by atoms with van der Waals surface area (Å²) in [5.41, 5.74) is 0. The van der Waals surface area contributed by atoms with Crippen molar-refractivity contribution < 1.29 is 23.0 Å². The summed E-state index contributed by atoms with van der Waals surface area (Å²) in [7, 11) is 0. The van der Waals surface area contributed by atoms with Crippen LogP contribution in [0.2, 0.25) is 0 Å². The van der Waals surface area contributed by atoms with E-state index in [4.69, 9.17) is 9.84 Å². The van der Waals surface area contributed by atoms with Crippen LogP contribution in [0, 0.1) is 5.92 Å². The molecule has 5 heteroatoms. The Kier molecular flexibility index (Phi) is 5.99. The average molecular weight is 276 g/mol. The van der Waals surface area contributed by atoms with Crippen molar-refractivity contribution in [1.82, 2.24) is 0 Å². The lowest BCUT2D eigenvalue weighted by molar-refractivity contribution is -0.179. The third kappa shape index (κ3) is 5.85. The second-order valence-electron chi connectivity index (χ2n) is 4.51. The van der Waals surface area contributed by atoms with Gasteiger partial charge in [0.2, 0.25) is 0 Å². The Hall–Kier alpha value is -1.39. The summed E-state index contributed by atoms with van der Waals surface area (Å²) in [6.45, 7) is 1.90. The lowest BCUT2D eigenvalue weighted by Gasteiger charge is -2.20. The number of rotatable bonds is 7. The fourth-order valence-electron chi connectivity index (χ4n) is 1.78. The number of halogens is 3. The molecular formula is C14H19F3O2. The highest BCUT2D eigenvalue weighted by molar-refractivity contribution is 5.29. The highest BCUT2D eigenvalue weighted by Crippen LogP contribution is 2.32. The van der Waals surface area contributed by atoms with Crippen molar-refractivity contribution >= 4 is 0 Å². The monoisotopic (exact) mass is 276 g/mol. The van der Waals surface area contributed by atoms with Crippen molar-refractivity contribution in [1.29, 1.82) is 0 Å². The molecule has 0 aliphatic heterocycles. The van der Waals surface area contributed by atoms with Crippen molar-refractivity contribution in [3.8, 4) is 11.5 Å². The maximum absolute atomic E-state index is 12.7. The summed E-state index contributed by atoms with van der Waals surface area (Å²) in [5, 5.41) is 9.07. The van der Waals surface area contributed by atoms with E-state index < -0.39 is 12.1 Å². The minimum absolute atomic E-state index is 0.0265. The van der Waals surface area contributed by atoms with Crippen LogP contribution in [0.5, 0.6) is 11.5 Å². The van der Waals surface area contributed by atoms with Crippen LogP contribution in [0.15, 0.2) is 24.3 Å². The van der Waals surface area contributed by atoms with Gasteiger partial charge in [-0.25, -0.2) is 0 Å². The first-order valence-electron chi connectivity index (χ1n) is 6.42. The predicted octanol–water partition coefficient (Wildman–Crippen LogP) is 4.53. The van der Waals surface area contributed by atoms with Crippen molar-refractivity contribution in [2.24, 2.45) is 5.92 Å². The van der Waals surface area contributed by atoms with E-state index in [-0.39, 0.29) is 25.2 Å². The second kappa shape index (κ2) is 7.26. The van der Waals surface area contributed by atoms with E-state index in [1.165, 1.54) is 24.3 Å². The Morgan fingerprint density at radius 3 is 2.32 bits per heavy atom. The third-order valence-corrected chi connectivity index (χ3v) is 2.94. The number of alkyl halides is 3. The van der Waals surface area contributed by atoms with E-state index in [0.29, 0.717) is 12.2 Å². The zero-order valence-electron chi connectivity index (χ0n) is 10.9. The molecular weight excluding hydrogens is 257 g/mol. The molecule has 19 heavy (non-hydrogen) atoms. The Morgan fingerprint density at radius 1 is 1.16 bits per heavy atom. The molecule has 1 aromatic carbocycles. The van der Waals surface area contributed by atoms with Crippen LogP contribution in [-0.2, 0) is 0 Å². The molecule has 0 bridgehead atoms. The van der Waals surface area contributed by atoms with Gasteiger partial charge in [0.15, 0.2) is 0 Å². The van der Waals surface area contributed by atoms with Gasteiger partial charge in [-0.3, -0.25) is 0 Å². The van der Waals surface area contributed by atoms with Crippen molar-refractivity contribution in [2.75, 3.05) is 6.61 Å². The fraction of sp³-hybridized carbons (Fsp3) is 0.571. The molecule has 0 heterocycles. The van der Waals surface area contributed by atoms with Gasteiger partial charge in [-0.05, 0) is 37.1 Å². The predicted molar refractivity (Wildman–Crippen MR) is 67.3 cm³/mol. The molecule has 1 aromatic rings. The van der Waals surface area contributed by atoms with E-state index in [9.17, 15) is 13.2 Å². The fourth-order valence-corrected chi connectivity index (χ4v) is 1.78. The molecule has 1 N–H and O–H groups in total. The van der Waals surface area contributed by atoms with Crippen LogP contribution in [-0.4, -0.2) is 17.9 Å². The minimum atomic E-state index is -4.16. The van der Waals surface area contributed by atoms with Crippen molar-refractivity contribution in [3.05, 3.63) is 24.3 Å². The molecule has 2 nitrogen and oxygen atoms in total. The molecule has 0 fully saturated rings. The van der Waals surface area contributed by atoms with E-state index in [1.807, 2.05) is 6.92 Å². The number of aromatic hydroxyl groups is 1. The van der Waals surface area contributed by atoms with Crippen LogP contribution in [0.3, 0.4) is 0 Å². The Morgan fingerprint density at radius 2 is 1.79 bits per heavy atom. The van der Waals surface area contributed by atoms with Crippen LogP contribution < -0.4 is 4.74 Å². The highest BCUT2D eigenvalue weighted by Gasteiger charge is 2.38. The van der Waals surface area contributed by atoms with E-state index in [2.05, 4.69) is 0 Å². The maximum Gasteiger partial charge on any atom is 0.391 e. The highest BCUT2D eigenvalue weighted by atomic mass is 19.4. The first-order valence-corrected chi connectivity index (χ1v) is 6.42. The molecule has 0 radical (unpaired) electrons. The number of ether oxygens (including phenoxy) is 1. The van der Waals surface area contributed by atoms with Crippen molar-refractivity contribution in [3.63, 3.8) is 0 Å². The third-order valence-electron chi connectivity index (χ3n) is 2.94. The molecule has 108 valence electrons. The summed E-state index contributed by atoms with van der Waals surface area (Å²) in [5.74, 6) is -0.734. The normalized spacial score (nSPS) is 13.3. The molecule has 0 saturated carbocycles. The van der Waals surface area contributed by atoms with E-state index in [1.54, 1.807) is 0 Å². The first kappa shape index (κ1) is 15.7. The van der Waals surface area contributed by atoms with E-state index in [0.717, 1.165) is 6.42 Å². The molecule has 1 unspecified atom stereocenters. The molecule has 0 aliphatic carbocycles. The number of phenolic OH excluding ortho intramolecular Hbond substituents is 1. The van der Waals surface area contributed by atoms with Gasteiger partial charge in [0.05, 0.1) is 12.5 Å². The van der Waals surface area contributed by atoms with Gasteiger partial charge in [0.25, 0.3) is 0 Å². The van der Waals surface area contributed by atoms with Crippen LogP contribution in [0.1, 0.15) is 32.6 Å². The van der Waals surface area contributed by atoms with Gasteiger partial charge in [0.1, 0.15) is 11.5 Å². The first-order chi connectivity index (χ1) is 8.93. The summed E-state index contributed by atoms with van der Waals surface area (Å²) in [6, 6.07) is 5.94. The largest absolute Gasteiger partial charge is 0.508 e. The lowest BCUT2D eigenvalue weighted by Crippen LogP contribution is -2.24. The summed E-state index contributed by atoms with van der Waals surface area (Å²) in [6.07, 6.45) is -2.72. The molecule has 1 rings (SSSR count). The van der Waals surface area contributed by atoms with Gasteiger partial charge in [-0.2, -0.15) is 13.2 Å². The molecule has 0 aliphatic rings. The summed E-state index contributed by atoms with van der Waals surface area (Å²) in [4.78, 5) is 0. The molecule has 0 aromatic heterocycles. The lowest BCUT2D eigenvalue weighted by atomic mass is 9.98. The molecule has 0 saturated heterocycles. The quantitative estimate of drug-likeness (QED) is 0.792. The maximum atomic E-state index is 12.7. The number of unbranched alkanes of at least 4 members (excludes halogenated alkanes) is 1. The number of hydrogen-bond donors (Lipinski definition) is 1. The second-order valence-corrected chi connectivity index (χ2v) is 4.51. The minimum Gasteiger partial charge on any atom is -0.508 e. The van der Waals surface area contributed by atoms with Gasteiger partial charge < -0.3 is 9.84 Å². The average Bonchev–Trinajstić information content (AvgIpc) is 2.34. The summed E-state index contributed by atoms with van der Waals surface area (Å²) < 4.78 is 43.5. The van der Waals surface area contributed by atoms with Crippen molar-refractivity contribution in [2.45, 2.75) is 38.8 Å². The van der Waals surface area contributed by atoms with E-state index >= 15 is 0 Å². The molecule has 1 atom stereocenters. The zero-order chi connectivity index (χ0) is 14.3. The van der Waals surface area contributed by atoms with Crippen LogP contribution in [0.25, 0.3) is 0 Å². The zero-order valence-corrected chi connectivity index (χ0v) is 10.9. The standard InChI is InChI=1S/C14H19F3O2/c1-2-3-4-11(14(15,16)17)9-10-19-13-7-5-12(18)6-8-13/h5-8,11,18H,2-4,9-10H2,1H3. The van der Waals surface area contributed by atoms with Crippen LogP contribution in [0.4, 0.5) is 13.2 Å². The number of hydrogen-bond acceptors (Lipinski definition) is 2. The van der Waals surface area contributed by atoms with Gasteiger partial charge in [-0.15, -0.1) is 0 Å². The molecule has 0 spiro atoms. The van der Waals surface area contributed by atoms with Gasteiger partial charge >= 0.3 is 6.18 Å². The Labute approximate surface area is 111 Å².